The van der Waals surface area contributed by atoms with Crippen LogP contribution in [0.25, 0.3) is 0 Å². The quantitative estimate of drug-likeness (QED) is 0.925. The molecule has 110 valence electrons. The van der Waals surface area contributed by atoms with E-state index >= 15 is 0 Å². The van der Waals surface area contributed by atoms with Crippen LogP contribution in [0.15, 0.2) is 12.1 Å². The number of ether oxygens (including phenoxy) is 2. The Morgan fingerprint density at radius 3 is 2.75 bits per heavy atom. The highest BCUT2D eigenvalue weighted by Gasteiger charge is 2.24. The van der Waals surface area contributed by atoms with E-state index in [1.54, 1.807) is 19.9 Å². The highest BCUT2D eigenvalue weighted by atomic mass is 19.3. The molecule has 0 saturated carbocycles. The van der Waals surface area contributed by atoms with Crippen LogP contribution in [0.5, 0.6) is 5.75 Å². The van der Waals surface area contributed by atoms with Gasteiger partial charge in [-0.15, -0.1) is 0 Å². The molecule has 1 heterocycles. The number of amides is 1. The first-order valence-electron chi connectivity index (χ1n) is 6.42. The summed E-state index contributed by atoms with van der Waals surface area (Å²) in [5.41, 5.74) is 1.84. The summed E-state index contributed by atoms with van der Waals surface area (Å²) in [4.78, 5) is 12.0. The van der Waals surface area contributed by atoms with Gasteiger partial charge in [-0.25, -0.2) is 0 Å². The molecule has 0 aliphatic carbocycles. The molecule has 4 nitrogen and oxygen atoms in total. The minimum atomic E-state index is -2.86. The third kappa shape index (κ3) is 3.45. The lowest BCUT2D eigenvalue weighted by molar-refractivity contribution is -0.119. The summed E-state index contributed by atoms with van der Waals surface area (Å²) in [5.74, 6) is -0.126. The second-order valence-corrected chi connectivity index (χ2v) is 4.86. The number of carbonyl (C=O) groups is 1. The molecule has 1 saturated heterocycles. The van der Waals surface area contributed by atoms with Gasteiger partial charge in [0, 0.05) is 12.3 Å². The third-order valence-electron chi connectivity index (χ3n) is 3.30. The van der Waals surface area contributed by atoms with Crippen molar-refractivity contribution in [3.8, 4) is 5.75 Å². The number of alkyl halides is 2. The molecular formula is C14H17F2NO3. The lowest BCUT2D eigenvalue weighted by Crippen LogP contribution is -2.23. The van der Waals surface area contributed by atoms with Gasteiger partial charge in [-0.3, -0.25) is 4.79 Å². The van der Waals surface area contributed by atoms with Crippen LogP contribution in [0.4, 0.5) is 14.5 Å². The van der Waals surface area contributed by atoms with Crippen LogP contribution in [0.2, 0.25) is 0 Å². The van der Waals surface area contributed by atoms with Crippen LogP contribution in [0.1, 0.15) is 17.5 Å². The number of nitrogens with one attached hydrogen (secondary N) is 1. The predicted octanol–water partition coefficient (Wildman–Crippen LogP) is 2.88. The second-order valence-electron chi connectivity index (χ2n) is 4.86. The van der Waals surface area contributed by atoms with Gasteiger partial charge in [-0.05, 0) is 43.5 Å². The molecule has 1 aromatic rings. The number of halogens is 2. The van der Waals surface area contributed by atoms with Crippen molar-refractivity contribution in [1.82, 2.24) is 0 Å². The fourth-order valence-corrected chi connectivity index (χ4v) is 2.12. The number of rotatable bonds is 4. The molecule has 1 atom stereocenters. The lowest BCUT2D eigenvalue weighted by Gasteiger charge is -2.15. The Morgan fingerprint density at radius 2 is 2.15 bits per heavy atom. The zero-order valence-corrected chi connectivity index (χ0v) is 11.4. The second kappa shape index (κ2) is 6.17. The zero-order chi connectivity index (χ0) is 14.7. The van der Waals surface area contributed by atoms with Gasteiger partial charge in [0.05, 0.1) is 12.5 Å². The number of aryl methyl sites for hydroxylation is 2. The number of hydrogen-bond acceptors (Lipinski definition) is 3. The van der Waals surface area contributed by atoms with Crippen LogP contribution in [0.3, 0.4) is 0 Å². The Hall–Kier alpha value is -1.69. The summed E-state index contributed by atoms with van der Waals surface area (Å²) in [5, 5.41) is 2.81. The molecule has 6 heteroatoms. The Bertz CT molecular complexity index is 499. The SMILES string of the molecule is Cc1cc(OC(F)F)c(C)cc1NC(=O)[C@H]1CCOC1. The molecule has 0 unspecified atom stereocenters. The predicted molar refractivity (Wildman–Crippen MR) is 70.1 cm³/mol. The molecule has 1 fully saturated rings. The maximum Gasteiger partial charge on any atom is 0.387 e. The van der Waals surface area contributed by atoms with E-state index in [9.17, 15) is 13.6 Å². The van der Waals surface area contributed by atoms with Crippen molar-refractivity contribution < 1.29 is 23.0 Å². The molecule has 2 rings (SSSR count). The molecule has 0 bridgehead atoms. The van der Waals surface area contributed by atoms with Crippen molar-refractivity contribution >= 4 is 11.6 Å². The van der Waals surface area contributed by atoms with E-state index in [0.717, 1.165) is 0 Å². The fraction of sp³-hybridized carbons (Fsp3) is 0.500. The maximum absolute atomic E-state index is 12.2. The molecule has 1 aliphatic heterocycles. The first-order valence-corrected chi connectivity index (χ1v) is 6.42. The van der Waals surface area contributed by atoms with Crippen molar-refractivity contribution in [3.63, 3.8) is 0 Å². The molecule has 1 N–H and O–H groups in total. The van der Waals surface area contributed by atoms with Gasteiger partial charge in [-0.2, -0.15) is 8.78 Å². The summed E-state index contributed by atoms with van der Waals surface area (Å²) < 4.78 is 34.1. The van der Waals surface area contributed by atoms with Crippen molar-refractivity contribution in [2.75, 3.05) is 18.5 Å². The van der Waals surface area contributed by atoms with Crippen molar-refractivity contribution in [1.29, 1.82) is 0 Å². The van der Waals surface area contributed by atoms with Crippen LogP contribution >= 0.6 is 0 Å². The van der Waals surface area contributed by atoms with E-state index in [-0.39, 0.29) is 17.6 Å². The number of carbonyl (C=O) groups excluding carboxylic acids is 1. The van der Waals surface area contributed by atoms with Gasteiger partial charge >= 0.3 is 6.61 Å². The Labute approximate surface area is 116 Å². The first-order chi connectivity index (χ1) is 9.47. The Kier molecular flexibility index (Phi) is 4.54. The van der Waals surface area contributed by atoms with Gasteiger partial charge in [0.25, 0.3) is 0 Å². The summed E-state index contributed by atoms with van der Waals surface area (Å²) in [6.07, 6.45) is 0.705. The van der Waals surface area contributed by atoms with E-state index < -0.39 is 6.61 Å². The topological polar surface area (TPSA) is 47.6 Å². The molecule has 1 amide bonds. The maximum atomic E-state index is 12.2. The number of benzene rings is 1. The minimum Gasteiger partial charge on any atom is -0.435 e. The third-order valence-corrected chi connectivity index (χ3v) is 3.30. The van der Waals surface area contributed by atoms with Crippen molar-refractivity contribution in [2.45, 2.75) is 26.9 Å². The standard InChI is InChI=1S/C14H17F2NO3/c1-8-6-12(20-14(15)16)9(2)5-11(8)17-13(18)10-3-4-19-7-10/h5-6,10,14H,3-4,7H2,1-2H3,(H,17,18)/t10-/m0/s1. The van der Waals surface area contributed by atoms with E-state index in [2.05, 4.69) is 10.1 Å². The molecule has 1 aromatic carbocycles. The van der Waals surface area contributed by atoms with Crippen molar-refractivity contribution in [2.24, 2.45) is 5.92 Å². The molecule has 0 spiro atoms. The van der Waals surface area contributed by atoms with E-state index in [0.29, 0.717) is 36.4 Å². The van der Waals surface area contributed by atoms with Gasteiger partial charge in [0.1, 0.15) is 5.75 Å². The average Bonchev–Trinajstić information content (AvgIpc) is 2.88. The Balaban J connectivity index is 2.12. The summed E-state index contributed by atoms with van der Waals surface area (Å²) in [6, 6.07) is 3.14. The van der Waals surface area contributed by atoms with E-state index in [4.69, 9.17) is 4.74 Å². The first kappa shape index (κ1) is 14.7. The molecular weight excluding hydrogens is 268 g/mol. The van der Waals surface area contributed by atoms with Crippen LogP contribution < -0.4 is 10.1 Å². The summed E-state index contributed by atoms with van der Waals surface area (Å²) >= 11 is 0. The van der Waals surface area contributed by atoms with E-state index in [1.807, 2.05) is 0 Å². The number of hydrogen-bond donors (Lipinski definition) is 1. The minimum absolute atomic E-state index is 0.104. The molecule has 1 aliphatic rings. The summed E-state index contributed by atoms with van der Waals surface area (Å²) in [7, 11) is 0. The van der Waals surface area contributed by atoms with Crippen molar-refractivity contribution in [3.05, 3.63) is 23.3 Å². The van der Waals surface area contributed by atoms with Gasteiger partial charge in [-0.1, -0.05) is 0 Å². The van der Waals surface area contributed by atoms with Gasteiger partial charge < -0.3 is 14.8 Å². The van der Waals surface area contributed by atoms with Crippen LogP contribution in [0, 0.1) is 19.8 Å². The van der Waals surface area contributed by atoms with E-state index in [1.165, 1.54) is 6.07 Å². The summed E-state index contributed by atoms with van der Waals surface area (Å²) in [6.45, 7) is 1.56. The normalized spacial score (nSPS) is 18.4. The largest absolute Gasteiger partial charge is 0.435 e. The zero-order valence-electron chi connectivity index (χ0n) is 11.4. The molecule has 20 heavy (non-hydrogen) atoms. The highest BCUT2D eigenvalue weighted by Crippen LogP contribution is 2.28. The van der Waals surface area contributed by atoms with Gasteiger partial charge in [0.2, 0.25) is 5.91 Å². The Morgan fingerprint density at radius 1 is 1.40 bits per heavy atom. The molecule has 0 aromatic heterocycles. The van der Waals surface area contributed by atoms with Gasteiger partial charge in [0.15, 0.2) is 0 Å². The fourth-order valence-electron chi connectivity index (χ4n) is 2.12. The smallest absolute Gasteiger partial charge is 0.387 e. The monoisotopic (exact) mass is 285 g/mol. The number of anilines is 1. The van der Waals surface area contributed by atoms with Crippen LogP contribution in [-0.2, 0) is 9.53 Å². The highest BCUT2D eigenvalue weighted by molar-refractivity contribution is 5.93. The van der Waals surface area contributed by atoms with Crippen LogP contribution in [-0.4, -0.2) is 25.7 Å². The molecule has 0 radical (unpaired) electrons. The lowest BCUT2D eigenvalue weighted by atomic mass is 10.1. The average molecular weight is 285 g/mol.